The van der Waals surface area contributed by atoms with Crippen LogP contribution >= 0.6 is 0 Å². The lowest BCUT2D eigenvalue weighted by Gasteiger charge is -2.07. The molecule has 0 saturated heterocycles. The molecule has 0 aliphatic carbocycles. The van der Waals surface area contributed by atoms with Crippen LogP contribution in [0.1, 0.15) is 11.3 Å². The summed E-state index contributed by atoms with van der Waals surface area (Å²) in [5.74, 6) is 0.856. The second kappa shape index (κ2) is 4.62. The van der Waals surface area contributed by atoms with Gasteiger partial charge >= 0.3 is 0 Å². The number of rotatable bonds is 3. The summed E-state index contributed by atoms with van der Waals surface area (Å²) in [4.78, 5) is 4.46. The molecule has 0 aliphatic rings. The molecule has 1 N–H and O–H groups in total. The summed E-state index contributed by atoms with van der Waals surface area (Å²) >= 11 is 0. The van der Waals surface area contributed by atoms with Crippen LogP contribution in [-0.2, 0) is 0 Å². The van der Waals surface area contributed by atoms with E-state index in [9.17, 15) is 0 Å². The number of nitrogens with zero attached hydrogens (tertiary/aromatic N) is 1. The Kier molecular flexibility index (Phi) is 3.01. The highest BCUT2D eigenvalue weighted by molar-refractivity contribution is 5.59. The molecule has 0 spiro atoms. The third-order valence-corrected chi connectivity index (χ3v) is 2.39. The fraction of sp³-hybridized carbons (Fsp3) is 0.0714. The Labute approximate surface area is 95.7 Å². The van der Waals surface area contributed by atoms with Crippen molar-refractivity contribution < 1.29 is 0 Å². The number of pyridine rings is 1. The van der Waals surface area contributed by atoms with Gasteiger partial charge in [0, 0.05) is 11.4 Å². The second-order valence-electron chi connectivity index (χ2n) is 3.57. The lowest BCUT2D eigenvalue weighted by molar-refractivity contribution is 1.19. The third kappa shape index (κ3) is 2.28. The standard InChI is InChI=1S/C14H14N2/c1-3-12-9-10-14(15-11(12)2)16-13-7-5-4-6-8-13/h3-10H,1H2,2H3,(H,15,16). The Morgan fingerprint density at radius 1 is 1.12 bits per heavy atom. The van der Waals surface area contributed by atoms with Gasteiger partial charge in [0.05, 0.1) is 0 Å². The van der Waals surface area contributed by atoms with Gasteiger partial charge in [-0.25, -0.2) is 4.98 Å². The lowest BCUT2D eigenvalue weighted by Crippen LogP contribution is -1.95. The first kappa shape index (κ1) is 10.4. The minimum atomic E-state index is 0.856. The maximum absolute atomic E-state index is 4.46. The van der Waals surface area contributed by atoms with Gasteiger partial charge in [0.1, 0.15) is 5.82 Å². The molecule has 2 rings (SSSR count). The predicted octanol–water partition coefficient (Wildman–Crippen LogP) is 3.78. The van der Waals surface area contributed by atoms with Crippen molar-refractivity contribution in [3.63, 3.8) is 0 Å². The van der Waals surface area contributed by atoms with Crippen LogP contribution in [-0.4, -0.2) is 4.98 Å². The molecule has 80 valence electrons. The highest BCUT2D eigenvalue weighted by atomic mass is 15.0. The van der Waals surface area contributed by atoms with Crippen molar-refractivity contribution in [2.75, 3.05) is 5.32 Å². The first-order valence-corrected chi connectivity index (χ1v) is 5.22. The predicted molar refractivity (Wildman–Crippen MR) is 68.8 cm³/mol. The summed E-state index contributed by atoms with van der Waals surface area (Å²) in [5, 5.41) is 3.25. The number of para-hydroxylation sites is 1. The summed E-state index contributed by atoms with van der Waals surface area (Å²) in [5.41, 5.74) is 3.09. The van der Waals surface area contributed by atoms with Crippen molar-refractivity contribution in [3.05, 3.63) is 60.3 Å². The van der Waals surface area contributed by atoms with Crippen LogP contribution in [0.2, 0.25) is 0 Å². The number of nitrogens with one attached hydrogen (secondary N) is 1. The molecular formula is C14H14N2. The first-order valence-electron chi connectivity index (χ1n) is 5.22. The second-order valence-corrected chi connectivity index (χ2v) is 3.57. The van der Waals surface area contributed by atoms with Crippen molar-refractivity contribution >= 4 is 17.6 Å². The molecule has 0 unspecified atom stereocenters. The fourth-order valence-corrected chi connectivity index (χ4v) is 1.53. The van der Waals surface area contributed by atoms with Crippen molar-refractivity contribution in [2.24, 2.45) is 0 Å². The normalized spacial score (nSPS) is 9.81. The van der Waals surface area contributed by atoms with Gasteiger partial charge in [-0.15, -0.1) is 0 Å². The van der Waals surface area contributed by atoms with Gasteiger partial charge in [-0.3, -0.25) is 0 Å². The average Bonchev–Trinajstić information content (AvgIpc) is 2.31. The van der Waals surface area contributed by atoms with E-state index >= 15 is 0 Å². The molecule has 1 heterocycles. The number of aryl methyl sites for hydroxylation is 1. The van der Waals surface area contributed by atoms with Crippen molar-refractivity contribution in [1.29, 1.82) is 0 Å². The molecule has 1 aromatic heterocycles. The van der Waals surface area contributed by atoms with Crippen LogP contribution in [0.5, 0.6) is 0 Å². The van der Waals surface area contributed by atoms with Gasteiger partial charge in [-0.1, -0.05) is 30.9 Å². The van der Waals surface area contributed by atoms with Crippen LogP contribution in [0.25, 0.3) is 6.08 Å². The van der Waals surface area contributed by atoms with Crippen molar-refractivity contribution in [3.8, 4) is 0 Å². The minimum Gasteiger partial charge on any atom is -0.340 e. The summed E-state index contributed by atoms with van der Waals surface area (Å²) in [7, 11) is 0. The molecule has 2 aromatic rings. The Balaban J connectivity index is 2.23. The average molecular weight is 210 g/mol. The maximum Gasteiger partial charge on any atom is 0.130 e. The van der Waals surface area contributed by atoms with Gasteiger partial charge in [-0.05, 0) is 36.8 Å². The molecule has 2 heteroatoms. The Bertz CT molecular complexity index is 489. The van der Waals surface area contributed by atoms with Crippen LogP contribution in [0, 0.1) is 6.92 Å². The van der Waals surface area contributed by atoms with E-state index in [2.05, 4.69) is 16.9 Å². The van der Waals surface area contributed by atoms with E-state index in [1.54, 1.807) is 0 Å². The number of aromatic nitrogens is 1. The largest absolute Gasteiger partial charge is 0.340 e. The molecule has 0 fully saturated rings. The first-order chi connectivity index (χ1) is 7.79. The number of hydrogen-bond acceptors (Lipinski definition) is 2. The Hall–Kier alpha value is -2.09. The number of anilines is 2. The molecule has 0 atom stereocenters. The molecular weight excluding hydrogens is 196 g/mol. The van der Waals surface area contributed by atoms with E-state index in [0.29, 0.717) is 0 Å². The molecule has 0 bridgehead atoms. The Morgan fingerprint density at radius 2 is 1.88 bits per heavy atom. The fourth-order valence-electron chi connectivity index (χ4n) is 1.53. The molecule has 16 heavy (non-hydrogen) atoms. The molecule has 0 saturated carbocycles. The zero-order chi connectivity index (χ0) is 11.4. The van der Waals surface area contributed by atoms with Gasteiger partial charge in [-0.2, -0.15) is 0 Å². The van der Waals surface area contributed by atoms with Gasteiger partial charge in [0.2, 0.25) is 0 Å². The van der Waals surface area contributed by atoms with E-state index in [-0.39, 0.29) is 0 Å². The summed E-state index contributed by atoms with van der Waals surface area (Å²) in [6, 6.07) is 14.0. The summed E-state index contributed by atoms with van der Waals surface area (Å²) in [6.45, 7) is 5.72. The summed E-state index contributed by atoms with van der Waals surface area (Å²) < 4.78 is 0. The Morgan fingerprint density at radius 3 is 2.50 bits per heavy atom. The third-order valence-electron chi connectivity index (χ3n) is 2.39. The van der Waals surface area contributed by atoms with Crippen molar-refractivity contribution in [1.82, 2.24) is 4.98 Å². The molecule has 0 aliphatic heterocycles. The maximum atomic E-state index is 4.46. The SMILES string of the molecule is C=Cc1ccc(Nc2ccccc2)nc1C. The highest BCUT2D eigenvalue weighted by Gasteiger charge is 1.98. The monoisotopic (exact) mass is 210 g/mol. The van der Waals surface area contributed by atoms with Gasteiger partial charge in [0.15, 0.2) is 0 Å². The zero-order valence-electron chi connectivity index (χ0n) is 9.27. The van der Waals surface area contributed by atoms with Crippen LogP contribution < -0.4 is 5.32 Å². The highest BCUT2D eigenvalue weighted by Crippen LogP contribution is 2.16. The molecule has 0 amide bonds. The summed E-state index contributed by atoms with van der Waals surface area (Å²) in [6.07, 6.45) is 1.81. The zero-order valence-corrected chi connectivity index (χ0v) is 9.27. The number of benzene rings is 1. The van der Waals surface area contributed by atoms with E-state index in [4.69, 9.17) is 0 Å². The molecule has 1 aromatic carbocycles. The quantitative estimate of drug-likeness (QED) is 0.834. The van der Waals surface area contributed by atoms with E-state index in [0.717, 1.165) is 22.8 Å². The van der Waals surface area contributed by atoms with Crippen molar-refractivity contribution in [2.45, 2.75) is 6.92 Å². The number of hydrogen-bond donors (Lipinski definition) is 1. The van der Waals surface area contributed by atoms with E-state index in [1.807, 2.05) is 55.5 Å². The van der Waals surface area contributed by atoms with Crippen LogP contribution in [0.4, 0.5) is 11.5 Å². The molecule has 2 nitrogen and oxygen atoms in total. The van der Waals surface area contributed by atoms with Gasteiger partial charge < -0.3 is 5.32 Å². The van der Waals surface area contributed by atoms with Crippen LogP contribution in [0.3, 0.4) is 0 Å². The van der Waals surface area contributed by atoms with E-state index < -0.39 is 0 Å². The smallest absolute Gasteiger partial charge is 0.130 e. The topological polar surface area (TPSA) is 24.9 Å². The molecule has 0 radical (unpaired) electrons. The van der Waals surface area contributed by atoms with Gasteiger partial charge in [0.25, 0.3) is 0 Å². The van der Waals surface area contributed by atoms with Crippen LogP contribution in [0.15, 0.2) is 49.0 Å². The minimum absolute atomic E-state index is 0.856. The van der Waals surface area contributed by atoms with E-state index in [1.165, 1.54) is 0 Å². The lowest BCUT2D eigenvalue weighted by atomic mass is 10.2.